The maximum absolute atomic E-state index is 13.0. The first-order chi connectivity index (χ1) is 13.3. The summed E-state index contributed by atoms with van der Waals surface area (Å²) >= 11 is 0. The van der Waals surface area contributed by atoms with E-state index in [0.717, 1.165) is 22.8 Å². The van der Waals surface area contributed by atoms with Gasteiger partial charge in [-0.2, -0.15) is 4.72 Å². The van der Waals surface area contributed by atoms with Crippen molar-refractivity contribution in [2.24, 2.45) is 0 Å². The number of nitro benzene ring substituents is 1. The monoisotopic (exact) mass is 396 g/mol. The highest BCUT2D eigenvalue weighted by molar-refractivity contribution is 7.89. The van der Waals surface area contributed by atoms with Gasteiger partial charge in [0.05, 0.1) is 15.9 Å². The molecule has 1 N–H and O–H groups in total. The molecule has 0 bridgehead atoms. The first kappa shape index (κ1) is 19.7. The van der Waals surface area contributed by atoms with Crippen molar-refractivity contribution in [2.75, 3.05) is 0 Å². The molecule has 0 aromatic heterocycles. The van der Waals surface area contributed by atoms with E-state index < -0.39 is 21.0 Å². The minimum atomic E-state index is -3.99. The number of benzene rings is 3. The molecule has 0 aliphatic carbocycles. The molecule has 0 saturated heterocycles. The van der Waals surface area contributed by atoms with E-state index in [1.54, 1.807) is 6.92 Å². The summed E-state index contributed by atoms with van der Waals surface area (Å²) in [5.74, 6) is 0. The molecule has 3 aromatic carbocycles. The second-order valence-electron chi connectivity index (χ2n) is 6.58. The Morgan fingerprint density at radius 3 is 2.11 bits per heavy atom. The summed E-state index contributed by atoms with van der Waals surface area (Å²) in [5.41, 5.74) is 2.79. The van der Waals surface area contributed by atoms with Crippen molar-refractivity contribution < 1.29 is 13.3 Å². The zero-order valence-corrected chi connectivity index (χ0v) is 16.3. The lowest BCUT2D eigenvalue weighted by atomic mass is 9.99. The van der Waals surface area contributed by atoms with Gasteiger partial charge in [0, 0.05) is 11.6 Å². The lowest BCUT2D eigenvalue weighted by molar-refractivity contribution is -0.385. The smallest absolute Gasteiger partial charge is 0.258 e. The average Bonchev–Trinajstić information content (AvgIpc) is 2.67. The van der Waals surface area contributed by atoms with Gasteiger partial charge in [-0.05, 0) is 31.0 Å². The summed E-state index contributed by atoms with van der Waals surface area (Å²) in [6.07, 6.45) is 0. The normalized spacial score (nSPS) is 12.5. The van der Waals surface area contributed by atoms with Crippen LogP contribution in [0.4, 0.5) is 5.69 Å². The Morgan fingerprint density at radius 1 is 0.893 bits per heavy atom. The van der Waals surface area contributed by atoms with E-state index in [1.807, 2.05) is 61.5 Å². The molecular weight excluding hydrogens is 376 g/mol. The highest BCUT2D eigenvalue weighted by Crippen LogP contribution is 2.27. The summed E-state index contributed by atoms with van der Waals surface area (Å²) < 4.78 is 28.7. The van der Waals surface area contributed by atoms with E-state index in [-0.39, 0.29) is 10.6 Å². The first-order valence-electron chi connectivity index (χ1n) is 8.67. The first-order valence-corrected chi connectivity index (χ1v) is 10.1. The Hall–Kier alpha value is -3.03. The van der Waals surface area contributed by atoms with Crippen LogP contribution in [0.2, 0.25) is 0 Å². The van der Waals surface area contributed by atoms with Crippen LogP contribution in [0.3, 0.4) is 0 Å². The zero-order chi connectivity index (χ0) is 20.3. The van der Waals surface area contributed by atoms with Crippen molar-refractivity contribution in [1.82, 2.24) is 4.72 Å². The molecule has 0 radical (unpaired) electrons. The number of nitro groups is 1. The number of nitrogens with one attached hydrogen (secondary N) is 1. The summed E-state index contributed by atoms with van der Waals surface area (Å²) in [5, 5.41) is 11.2. The fraction of sp³-hybridized carbons (Fsp3) is 0.143. The van der Waals surface area contributed by atoms with E-state index in [1.165, 1.54) is 12.1 Å². The average molecular weight is 396 g/mol. The molecule has 0 spiro atoms. The SMILES string of the molecule is Cc1ccc([C@@H](NS(=O)(=O)c2ccc(C)c([N+](=O)[O-])c2)c2ccccc2)cc1. The van der Waals surface area contributed by atoms with E-state index in [2.05, 4.69) is 4.72 Å². The van der Waals surface area contributed by atoms with Crippen molar-refractivity contribution in [2.45, 2.75) is 24.8 Å². The predicted molar refractivity (Wildman–Crippen MR) is 108 cm³/mol. The third-order valence-electron chi connectivity index (χ3n) is 4.50. The summed E-state index contributed by atoms with van der Waals surface area (Å²) in [6, 6.07) is 20.1. The second kappa shape index (κ2) is 7.92. The molecular formula is C21H20N2O4S. The number of aryl methyl sites for hydroxylation is 2. The predicted octanol–water partition coefficient (Wildman–Crippen LogP) is 4.28. The van der Waals surface area contributed by atoms with E-state index in [9.17, 15) is 18.5 Å². The molecule has 0 amide bonds. The Balaban J connectivity index is 2.04. The van der Waals surface area contributed by atoms with Gasteiger partial charge in [0.1, 0.15) is 0 Å². The maximum atomic E-state index is 13.0. The highest BCUT2D eigenvalue weighted by atomic mass is 32.2. The Labute approximate surface area is 164 Å². The molecule has 144 valence electrons. The topological polar surface area (TPSA) is 89.3 Å². The molecule has 0 fully saturated rings. The fourth-order valence-electron chi connectivity index (χ4n) is 2.91. The van der Waals surface area contributed by atoms with Crippen LogP contribution in [0.25, 0.3) is 0 Å². The highest BCUT2D eigenvalue weighted by Gasteiger charge is 2.25. The van der Waals surface area contributed by atoms with Gasteiger partial charge in [-0.25, -0.2) is 8.42 Å². The number of sulfonamides is 1. The molecule has 1 atom stereocenters. The molecule has 0 aliphatic heterocycles. The van der Waals surface area contributed by atoms with Crippen molar-refractivity contribution >= 4 is 15.7 Å². The minimum absolute atomic E-state index is 0.141. The van der Waals surface area contributed by atoms with Crippen molar-refractivity contribution in [3.63, 3.8) is 0 Å². The largest absolute Gasteiger partial charge is 0.273 e. The van der Waals surface area contributed by atoms with E-state index >= 15 is 0 Å². The Morgan fingerprint density at radius 2 is 1.50 bits per heavy atom. The van der Waals surface area contributed by atoms with Crippen molar-refractivity contribution in [1.29, 1.82) is 0 Å². The molecule has 3 rings (SSSR count). The molecule has 0 aliphatic rings. The van der Waals surface area contributed by atoms with Crippen LogP contribution in [0.1, 0.15) is 28.3 Å². The summed E-state index contributed by atoms with van der Waals surface area (Å²) in [4.78, 5) is 10.5. The van der Waals surface area contributed by atoms with Gasteiger partial charge in [0.25, 0.3) is 5.69 Å². The standard InChI is InChI=1S/C21H20N2O4S/c1-15-8-11-18(12-9-15)21(17-6-4-3-5-7-17)22-28(26,27)19-13-10-16(2)20(14-19)23(24)25/h3-14,21-22H,1-2H3/t21-/m0/s1. The fourth-order valence-corrected chi connectivity index (χ4v) is 4.14. The number of rotatable bonds is 6. The third-order valence-corrected chi connectivity index (χ3v) is 5.92. The van der Waals surface area contributed by atoms with Crippen LogP contribution in [-0.4, -0.2) is 13.3 Å². The van der Waals surface area contributed by atoms with Crippen LogP contribution >= 0.6 is 0 Å². The summed E-state index contributed by atoms with van der Waals surface area (Å²) in [7, 11) is -3.99. The van der Waals surface area contributed by atoms with Crippen molar-refractivity contribution in [3.8, 4) is 0 Å². The number of hydrogen-bond acceptors (Lipinski definition) is 4. The summed E-state index contributed by atoms with van der Waals surface area (Å²) in [6.45, 7) is 3.53. The minimum Gasteiger partial charge on any atom is -0.258 e. The van der Waals surface area contributed by atoms with Gasteiger partial charge >= 0.3 is 0 Å². The Kier molecular flexibility index (Phi) is 5.58. The molecule has 6 nitrogen and oxygen atoms in total. The van der Waals surface area contributed by atoms with Gasteiger partial charge in [-0.1, -0.05) is 66.2 Å². The van der Waals surface area contributed by atoms with Crippen molar-refractivity contribution in [3.05, 3.63) is 105 Å². The molecule has 28 heavy (non-hydrogen) atoms. The zero-order valence-electron chi connectivity index (χ0n) is 15.5. The van der Waals surface area contributed by atoms with E-state index in [4.69, 9.17) is 0 Å². The lowest BCUT2D eigenvalue weighted by Gasteiger charge is -2.20. The maximum Gasteiger partial charge on any atom is 0.273 e. The molecule has 3 aromatic rings. The van der Waals surface area contributed by atoms with Crippen LogP contribution in [0.15, 0.2) is 77.7 Å². The second-order valence-corrected chi connectivity index (χ2v) is 8.30. The number of hydrogen-bond donors (Lipinski definition) is 1. The van der Waals surface area contributed by atoms with Crippen LogP contribution in [-0.2, 0) is 10.0 Å². The van der Waals surface area contributed by atoms with Crippen LogP contribution in [0.5, 0.6) is 0 Å². The van der Waals surface area contributed by atoms with Crippen LogP contribution < -0.4 is 4.72 Å². The molecule has 0 saturated carbocycles. The quantitative estimate of drug-likeness (QED) is 0.497. The molecule has 0 unspecified atom stereocenters. The molecule has 7 heteroatoms. The third kappa shape index (κ3) is 4.27. The lowest BCUT2D eigenvalue weighted by Crippen LogP contribution is -2.29. The van der Waals surface area contributed by atoms with E-state index in [0.29, 0.717) is 5.56 Å². The van der Waals surface area contributed by atoms with Gasteiger partial charge in [0.2, 0.25) is 10.0 Å². The Bertz CT molecular complexity index is 1100. The number of nitrogens with zero attached hydrogens (tertiary/aromatic N) is 1. The van der Waals surface area contributed by atoms with Gasteiger partial charge in [-0.15, -0.1) is 0 Å². The van der Waals surface area contributed by atoms with Gasteiger partial charge < -0.3 is 0 Å². The van der Waals surface area contributed by atoms with Gasteiger partial charge in [-0.3, -0.25) is 10.1 Å². The van der Waals surface area contributed by atoms with Crippen LogP contribution in [0, 0.1) is 24.0 Å². The molecule has 0 heterocycles. The van der Waals surface area contributed by atoms with Gasteiger partial charge in [0.15, 0.2) is 0 Å².